The molecule has 1 heterocycles. The Morgan fingerprint density at radius 2 is 2.21 bits per heavy atom. The number of hydrogen-bond donors (Lipinski definition) is 1. The molecule has 1 saturated heterocycles. The van der Waals surface area contributed by atoms with Crippen LogP contribution in [0.25, 0.3) is 0 Å². The molecule has 2 atom stereocenters. The zero-order valence-electron chi connectivity index (χ0n) is 8.60. The summed E-state index contributed by atoms with van der Waals surface area (Å²) >= 11 is 0. The van der Waals surface area contributed by atoms with Crippen molar-refractivity contribution in [1.82, 2.24) is 10.2 Å². The summed E-state index contributed by atoms with van der Waals surface area (Å²) in [6, 6.07) is 0.563. The van der Waals surface area contributed by atoms with Crippen molar-refractivity contribution in [3.63, 3.8) is 0 Å². The Labute approximate surface area is 83.7 Å². The van der Waals surface area contributed by atoms with Crippen LogP contribution in [0.1, 0.15) is 26.2 Å². The highest BCUT2D eigenvalue weighted by molar-refractivity contribution is 4.90. The van der Waals surface area contributed by atoms with E-state index in [4.69, 9.17) is 0 Å². The number of rotatable bonds is 1. The van der Waals surface area contributed by atoms with Crippen LogP contribution < -0.4 is 5.32 Å². The van der Waals surface area contributed by atoms with Gasteiger partial charge in [0.15, 0.2) is 0 Å². The first-order chi connectivity index (χ1) is 6.57. The second-order valence-corrected chi connectivity index (χ2v) is 4.60. The van der Waals surface area contributed by atoms with Gasteiger partial charge >= 0.3 is 0 Å². The molecule has 0 amide bonds. The molecule has 0 aromatic heterocycles. The summed E-state index contributed by atoms with van der Waals surface area (Å²) < 4.78 is 26.0. The van der Waals surface area contributed by atoms with Gasteiger partial charge in [-0.1, -0.05) is 0 Å². The van der Waals surface area contributed by atoms with E-state index < -0.39 is 5.92 Å². The van der Waals surface area contributed by atoms with Gasteiger partial charge in [0, 0.05) is 44.6 Å². The Hall–Kier alpha value is -0.220. The summed E-state index contributed by atoms with van der Waals surface area (Å²) in [5.41, 5.74) is 0. The predicted molar refractivity (Wildman–Crippen MR) is 51.6 cm³/mol. The maximum Gasteiger partial charge on any atom is 0.249 e. The fourth-order valence-corrected chi connectivity index (χ4v) is 2.53. The van der Waals surface area contributed by atoms with Gasteiger partial charge in [0.1, 0.15) is 0 Å². The highest BCUT2D eigenvalue weighted by Crippen LogP contribution is 2.37. The first-order valence-corrected chi connectivity index (χ1v) is 5.42. The molecule has 2 rings (SSSR count). The molecule has 2 unspecified atom stereocenters. The van der Waals surface area contributed by atoms with E-state index in [9.17, 15) is 8.78 Å². The van der Waals surface area contributed by atoms with E-state index in [1.165, 1.54) is 0 Å². The van der Waals surface area contributed by atoms with Crippen molar-refractivity contribution in [3.05, 3.63) is 0 Å². The Balaban J connectivity index is 1.89. The summed E-state index contributed by atoms with van der Waals surface area (Å²) in [5, 5.41) is 3.33. The minimum absolute atomic E-state index is 0.0692. The van der Waals surface area contributed by atoms with Gasteiger partial charge in [-0.15, -0.1) is 0 Å². The van der Waals surface area contributed by atoms with Crippen molar-refractivity contribution >= 4 is 0 Å². The van der Waals surface area contributed by atoms with Gasteiger partial charge in [-0.3, -0.25) is 4.90 Å². The molecule has 1 saturated carbocycles. The molecule has 0 aromatic carbocycles. The Morgan fingerprint density at radius 3 is 2.79 bits per heavy atom. The van der Waals surface area contributed by atoms with Crippen LogP contribution in [-0.2, 0) is 0 Å². The van der Waals surface area contributed by atoms with Gasteiger partial charge in [0.05, 0.1) is 0 Å². The lowest BCUT2D eigenvalue weighted by Gasteiger charge is -2.36. The Morgan fingerprint density at radius 1 is 1.43 bits per heavy atom. The summed E-state index contributed by atoms with van der Waals surface area (Å²) in [6.45, 7) is 4.88. The van der Waals surface area contributed by atoms with E-state index in [2.05, 4.69) is 17.1 Å². The topological polar surface area (TPSA) is 15.3 Å². The molecule has 0 aromatic rings. The van der Waals surface area contributed by atoms with Gasteiger partial charge in [0.2, 0.25) is 5.92 Å². The zero-order valence-corrected chi connectivity index (χ0v) is 8.60. The third-order valence-corrected chi connectivity index (χ3v) is 3.29. The fourth-order valence-electron chi connectivity index (χ4n) is 2.53. The fraction of sp³-hybridized carbons (Fsp3) is 1.00. The van der Waals surface area contributed by atoms with Crippen LogP contribution in [0, 0.1) is 0 Å². The van der Waals surface area contributed by atoms with Crippen LogP contribution >= 0.6 is 0 Å². The van der Waals surface area contributed by atoms with Crippen LogP contribution in [0.3, 0.4) is 0 Å². The van der Waals surface area contributed by atoms with E-state index in [0.29, 0.717) is 12.5 Å². The van der Waals surface area contributed by atoms with E-state index in [1.54, 1.807) is 0 Å². The highest BCUT2D eigenvalue weighted by atomic mass is 19.3. The molecule has 0 radical (unpaired) electrons. The van der Waals surface area contributed by atoms with E-state index >= 15 is 0 Å². The average molecular weight is 204 g/mol. The molecule has 2 fully saturated rings. The molecule has 1 N–H and O–H groups in total. The molecule has 0 spiro atoms. The van der Waals surface area contributed by atoms with Crippen molar-refractivity contribution in [2.45, 2.75) is 44.2 Å². The number of halogens is 2. The monoisotopic (exact) mass is 204 g/mol. The molecule has 2 aliphatic rings. The van der Waals surface area contributed by atoms with Gasteiger partial charge in [0.25, 0.3) is 0 Å². The molecule has 1 aliphatic carbocycles. The van der Waals surface area contributed by atoms with Crippen molar-refractivity contribution < 1.29 is 8.78 Å². The van der Waals surface area contributed by atoms with E-state index in [1.807, 2.05) is 0 Å². The van der Waals surface area contributed by atoms with Crippen molar-refractivity contribution in [2.75, 3.05) is 19.6 Å². The molecular weight excluding hydrogens is 186 g/mol. The van der Waals surface area contributed by atoms with Crippen molar-refractivity contribution in [3.8, 4) is 0 Å². The second kappa shape index (κ2) is 3.74. The predicted octanol–water partition coefficient (Wildman–Crippen LogP) is 1.47. The summed E-state index contributed by atoms with van der Waals surface area (Å²) in [6.07, 6.45) is 0.815. The SMILES string of the molecule is CC1CN(C2CCC(F)(F)C2)CCN1. The first-order valence-electron chi connectivity index (χ1n) is 5.42. The zero-order chi connectivity index (χ0) is 10.2. The summed E-state index contributed by atoms with van der Waals surface area (Å²) in [5.74, 6) is -2.40. The smallest absolute Gasteiger partial charge is 0.249 e. The average Bonchev–Trinajstić information content (AvgIpc) is 2.46. The quantitative estimate of drug-likeness (QED) is 0.695. The second-order valence-electron chi connectivity index (χ2n) is 4.60. The molecule has 2 nitrogen and oxygen atoms in total. The van der Waals surface area contributed by atoms with Crippen molar-refractivity contribution in [1.29, 1.82) is 0 Å². The third kappa shape index (κ3) is 2.23. The number of nitrogens with one attached hydrogen (secondary N) is 1. The lowest BCUT2D eigenvalue weighted by Crippen LogP contribution is -2.52. The normalized spacial score (nSPS) is 38.8. The first kappa shape index (κ1) is 10.3. The van der Waals surface area contributed by atoms with Gasteiger partial charge in [-0.05, 0) is 13.3 Å². The number of piperazine rings is 1. The molecule has 0 bridgehead atoms. The summed E-state index contributed by atoms with van der Waals surface area (Å²) in [7, 11) is 0. The van der Waals surface area contributed by atoms with Gasteiger partial charge in [-0.2, -0.15) is 0 Å². The number of alkyl halides is 2. The lowest BCUT2D eigenvalue weighted by atomic mass is 10.1. The van der Waals surface area contributed by atoms with Gasteiger partial charge < -0.3 is 5.32 Å². The van der Waals surface area contributed by atoms with Gasteiger partial charge in [-0.25, -0.2) is 8.78 Å². The molecular formula is C10H18F2N2. The third-order valence-electron chi connectivity index (χ3n) is 3.29. The minimum atomic E-state index is -2.40. The van der Waals surface area contributed by atoms with Crippen LogP contribution in [0.2, 0.25) is 0 Å². The van der Waals surface area contributed by atoms with Crippen LogP contribution in [0.4, 0.5) is 8.78 Å². The van der Waals surface area contributed by atoms with Crippen LogP contribution in [0.5, 0.6) is 0 Å². The van der Waals surface area contributed by atoms with Crippen molar-refractivity contribution in [2.24, 2.45) is 0 Å². The van der Waals surface area contributed by atoms with E-state index in [-0.39, 0.29) is 18.9 Å². The standard InChI is InChI=1S/C10H18F2N2/c1-8-7-14(5-4-13-8)9-2-3-10(11,12)6-9/h8-9,13H,2-7H2,1H3. The number of nitrogens with zero attached hydrogens (tertiary/aromatic N) is 1. The lowest BCUT2D eigenvalue weighted by molar-refractivity contribution is -0.000881. The molecule has 1 aliphatic heterocycles. The minimum Gasteiger partial charge on any atom is -0.312 e. The van der Waals surface area contributed by atoms with E-state index in [0.717, 1.165) is 19.6 Å². The molecule has 82 valence electrons. The van der Waals surface area contributed by atoms with Crippen LogP contribution in [-0.4, -0.2) is 42.5 Å². The maximum absolute atomic E-state index is 13.0. The molecule has 4 heteroatoms. The highest BCUT2D eigenvalue weighted by Gasteiger charge is 2.42. The summed E-state index contributed by atoms with van der Waals surface area (Å²) in [4.78, 5) is 2.22. The largest absolute Gasteiger partial charge is 0.312 e. The Bertz CT molecular complexity index is 208. The molecule has 14 heavy (non-hydrogen) atoms. The maximum atomic E-state index is 13.0. The Kier molecular flexibility index (Phi) is 2.75. The number of hydrogen-bond acceptors (Lipinski definition) is 2. The van der Waals surface area contributed by atoms with Crippen LogP contribution in [0.15, 0.2) is 0 Å².